The van der Waals surface area contributed by atoms with Crippen molar-refractivity contribution in [2.24, 2.45) is 0 Å². The van der Waals surface area contributed by atoms with Crippen molar-refractivity contribution < 1.29 is 26.4 Å². The van der Waals surface area contributed by atoms with E-state index >= 15 is 0 Å². The quantitative estimate of drug-likeness (QED) is 0.774. The Morgan fingerprint density at radius 1 is 1.14 bits per heavy atom. The van der Waals surface area contributed by atoms with Gasteiger partial charge in [0, 0.05) is 17.7 Å². The molecule has 1 aliphatic rings. The predicted octanol–water partition coefficient (Wildman–Crippen LogP) is 3.03. The Labute approximate surface area is 166 Å². The molecule has 0 bridgehead atoms. The third-order valence-corrected chi connectivity index (χ3v) is 6.15. The Morgan fingerprint density at radius 3 is 2.48 bits per heavy atom. The molecule has 1 saturated heterocycles. The summed E-state index contributed by atoms with van der Waals surface area (Å²) < 4.78 is 63.2. The summed E-state index contributed by atoms with van der Waals surface area (Å²) in [6, 6.07) is 10.8. The lowest BCUT2D eigenvalue weighted by Gasteiger charge is -2.16. The summed E-state index contributed by atoms with van der Waals surface area (Å²) in [7, 11) is -3.29. The largest absolute Gasteiger partial charge is 0.416 e. The van der Waals surface area contributed by atoms with Crippen LogP contribution >= 0.6 is 0 Å². The Balaban J connectivity index is 1.59. The van der Waals surface area contributed by atoms with Crippen LogP contribution in [0.2, 0.25) is 0 Å². The molecule has 0 atom stereocenters. The highest BCUT2D eigenvalue weighted by atomic mass is 32.2. The summed E-state index contributed by atoms with van der Waals surface area (Å²) in [6.07, 6.45) is -3.87. The summed E-state index contributed by atoms with van der Waals surface area (Å²) in [5.74, 6) is 4.89. The monoisotopic (exact) mass is 422 g/mol. The molecule has 1 aliphatic heterocycles. The highest BCUT2D eigenvalue weighted by Crippen LogP contribution is 2.29. The van der Waals surface area contributed by atoms with E-state index in [-0.39, 0.29) is 17.9 Å². The van der Waals surface area contributed by atoms with E-state index in [1.165, 1.54) is 28.6 Å². The van der Waals surface area contributed by atoms with Crippen LogP contribution in [-0.2, 0) is 16.2 Å². The minimum atomic E-state index is -4.44. The lowest BCUT2D eigenvalue weighted by atomic mass is 10.1. The highest BCUT2D eigenvalue weighted by molar-refractivity contribution is 7.93. The average molecular weight is 422 g/mol. The summed E-state index contributed by atoms with van der Waals surface area (Å²) in [5.41, 5.74) is 0.244. The number of anilines is 1. The van der Waals surface area contributed by atoms with Gasteiger partial charge in [-0.1, -0.05) is 17.9 Å². The molecule has 1 N–H and O–H groups in total. The van der Waals surface area contributed by atoms with E-state index in [0.29, 0.717) is 24.2 Å². The molecular weight excluding hydrogens is 405 g/mol. The minimum absolute atomic E-state index is 0.0443. The second-order valence-electron chi connectivity index (χ2n) is 6.35. The summed E-state index contributed by atoms with van der Waals surface area (Å²) in [6.45, 7) is 0.371. The molecule has 1 amide bonds. The van der Waals surface area contributed by atoms with Crippen molar-refractivity contribution in [2.75, 3.05) is 23.1 Å². The molecule has 3 rings (SSSR count). The number of benzene rings is 2. The van der Waals surface area contributed by atoms with Gasteiger partial charge in [0.1, 0.15) is 0 Å². The van der Waals surface area contributed by atoms with Gasteiger partial charge in [-0.25, -0.2) is 8.42 Å². The van der Waals surface area contributed by atoms with E-state index in [1.54, 1.807) is 12.1 Å². The number of hydrogen-bond donors (Lipinski definition) is 1. The molecule has 1 fully saturated rings. The van der Waals surface area contributed by atoms with Crippen LogP contribution in [-0.4, -0.2) is 33.2 Å². The zero-order valence-electron chi connectivity index (χ0n) is 15.2. The van der Waals surface area contributed by atoms with Gasteiger partial charge in [-0.15, -0.1) is 0 Å². The molecular formula is C20H17F3N2O3S. The lowest BCUT2D eigenvalue weighted by molar-refractivity contribution is -0.137. The van der Waals surface area contributed by atoms with Gasteiger partial charge in [0.15, 0.2) is 0 Å². The highest BCUT2D eigenvalue weighted by Gasteiger charge is 2.30. The number of alkyl halides is 3. The van der Waals surface area contributed by atoms with Crippen LogP contribution in [0.15, 0.2) is 48.5 Å². The summed E-state index contributed by atoms with van der Waals surface area (Å²) in [4.78, 5) is 12.1. The first-order valence-electron chi connectivity index (χ1n) is 8.72. The molecule has 29 heavy (non-hydrogen) atoms. The van der Waals surface area contributed by atoms with Crippen molar-refractivity contribution in [3.63, 3.8) is 0 Å². The third kappa shape index (κ3) is 5.09. The summed E-state index contributed by atoms with van der Waals surface area (Å²) in [5, 5.41) is 2.55. The third-order valence-electron chi connectivity index (χ3n) is 4.28. The van der Waals surface area contributed by atoms with Gasteiger partial charge >= 0.3 is 6.18 Å². The number of nitrogens with zero attached hydrogens (tertiary/aromatic N) is 1. The average Bonchev–Trinajstić information content (AvgIpc) is 3.04. The second kappa shape index (κ2) is 8.17. The molecule has 0 saturated carbocycles. The number of carbonyl (C=O) groups excluding carboxylic acids is 1. The van der Waals surface area contributed by atoms with Gasteiger partial charge in [0.25, 0.3) is 5.91 Å². The number of amides is 1. The van der Waals surface area contributed by atoms with Crippen LogP contribution in [0.1, 0.15) is 27.9 Å². The first-order chi connectivity index (χ1) is 13.7. The van der Waals surface area contributed by atoms with Crippen molar-refractivity contribution >= 4 is 21.6 Å². The molecule has 0 aromatic heterocycles. The number of hydrogen-bond acceptors (Lipinski definition) is 3. The van der Waals surface area contributed by atoms with E-state index in [0.717, 1.165) is 12.1 Å². The molecule has 0 aliphatic carbocycles. The van der Waals surface area contributed by atoms with E-state index in [1.807, 2.05) is 0 Å². The van der Waals surface area contributed by atoms with Crippen LogP contribution in [0.25, 0.3) is 0 Å². The topological polar surface area (TPSA) is 66.5 Å². The smallest absolute Gasteiger partial charge is 0.341 e. The van der Waals surface area contributed by atoms with Gasteiger partial charge in [0.2, 0.25) is 10.0 Å². The molecule has 2 aromatic carbocycles. The van der Waals surface area contributed by atoms with Crippen LogP contribution < -0.4 is 9.62 Å². The van der Waals surface area contributed by atoms with Gasteiger partial charge in [-0.05, 0) is 48.9 Å². The molecule has 5 nitrogen and oxygen atoms in total. The van der Waals surface area contributed by atoms with E-state index in [2.05, 4.69) is 17.2 Å². The fraction of sp³-hybridized carbons (Fsp3) is 0.250. The van der Waals surface area contributed by atoms with Gasteiger partial charge in [-0.3, -0.25) is 9.10 Å². The van der Waals surface area contributed by atoms with E-state index in [4.69, 9.17) is 0 Å². The van der Waals surface area contributed by atoms with Gasteiger partial charge in [-0.2, -0.15) is 13.2 Å². The van der Waals surface area contributed by atoms with E-state index in [9.17, 15) is 26.4 Å². The summed E-state index contributed by atoms with van der Waals surface area (Å²) >= 11 is 0. The molecule has 2 aromatic rings. The SMILES string of the molecule is O=C(NCC#Cc1cccc(C(F)(F)F)c1)c1ccc(N2CCCS2(=O)=O)cc1. The standard InChI is InChI=1S/C20H17F3N2O3S/c21-20(22,23)17-6-1-4-15(14-17)5-2-11-24-19(26)16-7-9-18(10-8-16)25-12-3-13-29(25,27)28/h1,4,6-10,14H,3,11-13H2,(H,24,26). The fourth-order valence-corrected chi connectivity index (χ4v) is 4.42. The predicted molar refractivity (Wildman–Crippen MR) is 103 cm³/mol. The van der Waals surface area contributed by atoms with Crippen LogP contribution in [0.4, 0.5) is 18.9 Å². The maximum absolute atomic E-state index is 12.7. The van der Waals surface area contributed by atoms with E-state index < -0.39 is 27.7 Å². The van der Waals surface area contributed by atoms with Crippen LogP contribution in [0.5, 0.6) is 0 Å². The van der Waals surface area contributed by atoms with Crippen LogP contribution in [0.3, 0.4) is 0 Å². The Bertz CT molecular complexity index is 1070. The molecule has 9 heteroatoms. The minimum Gasteiger partial charge on any atom is -0.341 e. The van der Waals surface area contributed by atoms with Crippen molar-refractivity contribution in [3.05, 3.63) is 65.2 Å². The fourth-order valence-electron chi connectivity index (χ4n) is 2.85. The second-order valence-corrected chi connectivity index (χ2v) is 8.36. The molecule has 1 heterocycles. The molecule has 0 spiro atoms. The number of rotatable bonds is 3. The Kier molecular flexibility index (Phi) is 5.84. The number of carbonyl (C=O) groups is 1. The maximum Gasteiger partial charge on any atom is 0.416 e. The zero-order valence-corrected chi connectivity index (χ0v) is 16.0. The zero-order chi connectivity index (χ0) is 21.1. The van der Waals surface area contributed by atoms with Gasteiger partial charge in [0.05, 0.1) is 23.5 Å². The Hall–Kier alpha value is -2.99. The van der Waals surface area contributed by atoms with Crippen molar-refractivity contribution in [1.29, 1.82) is 0 Å². The van der Waals surface area contributed by atoms with Crippen LogP contribution in [0, 0.1) is 11.8 Å². The Morgan fingerprint density at radius 2 is 1.86 bits per heavy atom. The van der Waals surface area contributed by atoms with Gasteiger partial charge < -0.3 is 5.32 Å². The molecule has 0 radical (unpaired) electrons. The van der Waals surface area contributed by atoms with Crippen molar-refractivity contribution in [1.82, 2.24) is 5.32 Å². The van der Waals surface area contributed by atoms with Crippen molar-refractivity contribution in [2.45, 2.75) is 12.6 Å². The molecule has 0 unspecified atom stereocenters. The number of halogens is 3. The van der Waals surface area contributed by atoms with Crippen molar-refractivity contribution in [3.8, 4) is 11.8 Å². The normalized spacial score (nSPS) is 15.5. The number of sulfonamides is 1. The first-order valence-corrected chi connectivity index (χ1v) is 10.3. The maximum atomic E-state index is 12.7. The molecule has 152 valence electrons. The number of nitrogens with one attached hydrogen (secondary N) is 1. The lowest BCUT2D eigenvalue weighted by Crippen LogP contribution is -2.26. The first kappa shape index (κ1) is 20.7.